The second-order valence-corrected chi connectivity index (χ2v) is 4.43. The van der Waals surface area contributed by atoms with Gasteiger partial charge in [0.1, 0.15) is 5.75 Å². The Morgan fingerprint density at radius 2 is 1.78 bits per heavy atom. The molecule has 3 nitrogen and oxygen atoms in total. The summed E-state index contributed by atoms with van der Waals surface area (Å²) in [5, 5.41) is 19.3. The fourth-order valence-electron chi connectivity index (χ4n) is 1.82. The van der Waals surface area contributed by atoms with Gasteiger partial charge in [-0.25, -0.2) is 4.79 Å². The Morgan fingerprint density at radius 1 is 1.11 bits per heavy atom. The number of carboxylic acids is 1. The van der Waals surface area contributed by atoms with Gasteiger partial charge in [0.15, 0.2) is 0 Å². The van der Waals surface area contributed by atoms with Crippen molar-refractivity contribution < 1.29 is 15.0 Å². The lowest BCUT2D eigenvalue weighted by atomic mass is 9.98. The molecule has 4 heteroatoms. The van der Waals surface area contributed by atoms with Crippen molar-refractivity contribution in [2.45, 2.75) is 6.92 Å². The van der Waals surface area contributed by atoms with E-state index in [-0.39, 0.29) is 11.3 Å². The van der Waals surface area contributed by atoms with Crippen LogP contribution in [0.25, 0.3) is 11.1 Å². The fraction of sp³-hybridized carbons (Fsp3) is 0.0714. The zero-order chi connectivity index (χ0) is 13.3. The van der Waals surface area contributed by atoms with Gasteiger partial charge in [0.25, 0.3) is 0 Å². The Hall–Kier alpha value is -2.00. The van der Waals surface area contributed by atoms with Crippen LogP contribution in [0.5, 0.6) is 5.75 Å². The van der Waals surface area contributed by atoms with Crippen molar-refractivity contribution in [3.8, 4) is 16.9 Å². The minimum Gasteiger partial charge on any atom is -0.507 e. The van der Waals surface area contributed by atoms with Crippen molar-refractivity contribution in [2.24, 2.45) is 0 Å². The number of phenolic OH excluding ortho intramolecular Hbond substituents is 1. The Labute approximate surface area is 109 Å². The summed E-state index contributed by atoms with van der Waals surface area (Å²) < 4.78 is 0. The van der Waals surface area contributed by atoms with Gasteiger partial charge in [0, 0.05) is 10.6 Å². The third-order valence-electron chi connectivity index (χ3n) is 2.72. The molecule has 0 aromatic heterocycles. The summed E-state index contributed by atoms with van der Waals surface area (Å²) in [4.78, 5) is 10.8. The van der Waals surface area contributed by atoms with Crippen molar-refractivity contribution in [3.05, 3.63) is 52.5 Å². The lowest BCUT2D eigenvalue weighted by molar-refractivity contribution is 0.0696. The lowest BCUT2D eigenvalue weighted by Crippen LogP contribution is -1.96. The maximum atomic E-state index is 10.8. The molecule has 2 aromatic carbocycles. The number of aromatic hydroxyl groups is 1. The van der Waals surface area contributed by atoms with E-state index in [2.05, 4.69) is 0 Å². The van der Waals surface area contributed by atoms with Gasteiger partial charge in [0.05, 0.1) is 5.56 Å². The molecule has 0 unspecified atom stereocenters. The Kier molecular flexibility index (Phi) is 3.26. The predicted octanol–water partition coefficient (Wildman–Crippen LogP) is 3.72. The highest BCUT2D eigenvalue weighted by molar-refractivity contribution is 6.30. The van der Waals surface area contributed by atoms with E-state index in [1.54, 1.807) is 24.3 Å². The number of benzene rings is 2. The second-order valence-electron chi connectivity index (χ2n) is 4.00. The van der Waals surface area contributed by atoms with Crippen LogP contribution in [0.1, 0.15) is 15.9 Å². The van der Waals surface area contributed by atoms with Crippen LogP contribution in [0, 0.1) is 6.92 Å². The standard InChI is InChI=1S/C14H11ClO3/c1-8-6-10(15)3-5-11(8)12-4-2-9(14(17)18)7-13(12)16/h2-7,16H,1H3,(H,17,18). The van der Waals surface area contributed by atoms with E-state index in [9.17, 15) is 9.90 Å². The molecule has 2 rings (SSSR count). The van der Waals surface area contributed by atoms with Crippen molar-refractivity contribution in [1.29, 1.82) is 0 Å². The number of aryl methyl sites for hydroxylation is 1. The van der Waals surface area contributed by atoms with E-state index in [0.29, 0.717) is 10.6 Å². The molecular formula is C14H11ClO3. The molecule has 0 spiro atoms. The lowest BCUT2D eigenvalue weighted by Gasteiger charge is -2.09. The molecular weight excluding hydrogens is 252 g/mol. The highest BCUT2D eigenvalue weighted by atomic mass is 35.5. The zero-order valence-corrected chi connectivity index (χ0v) is 10.4. The normalized spacial score (nSPS) is 10.3. The molecule has 0 atom stereocenters. The molecule has 0 fully saturated rings. The zero-order valence-electron chi connectivity index (χ0n) is 9.64. The van der Waals surface area contributed by atoms with Crippen LogP contribution >= 0.6 is 11.6 Å². The molecule has 0 bridgehead atoms. The summed E-state index contributed by atoms with van der Waals surface area (Å²) in [5.74, 6) is -1.12. The summed E-state index contributed by atoms with van der Waals surface area (Å²) in [5.41, 5.74) is 2.40. The van der Waals surface area contributed by atoms with Crippen LogP contribution in [0.4, 0.5) is 0 Å². The Balaban J connectivity index is 2.54. The fourth-order valence-corrected chi connectivity index (χ4v) is 2.05. The van der Waals surface area contributed by atoms with Crippen molar-refractivity contribution >= 4 is 17.6 Å². The number of phenols is 1. The number of rotatable bonds is 2. The molecule has 0 saturated heterocycles. The molecule has 0 saturated carbocycles. The van der Waals surface area contributed by atoms with Gasteiger partial charge in [0.2, 0.25) is 0 Å². The molecule has 0 heterocycles. The molecule has 2 N–H and O–H groups in total. The highest BCUT2D eigenvalue weighted by Crippen LogP contribution is 2.33. The van der Waals surface area contributed by atoms with Crippen LogP contribution in [-0.4, -0.2) is 16.2 Å². The van der Waals surface area contributed by atoms with Gasteiger partial charge >= 0.3 is 5.97 Å². The minimum absolute atomic E-state index is 0.0553. The summed E-state index contributed by atoms with van der Waals surface area (Å²) in [6.45, 7) is 1.88. The van der Waals surface area contributed by atoms with E-state index in [1.165, 1.54) is 12.1 Å². The quantitative estimate of drug-likeness (QED) is 0.867. The van der Waals surface area contributed by atoms with Gasteiger partial charge in [-0.3, -0.25) is 0 Å². The summed E-state index contributed by atoms with van der Waals surface area (Å²) in [7, 11) is 0. The molecule has 0 aliphatic rings. The molecule has 0 radical (unpaired) electrons. The van der Waals surface area contributed by atoms with Crippen LogP contribution in [0.15, 0.2) is 36.4 Å². The predicted molar refractivity (Wildman–Crippen MR) is 70.2 cm³/mol. The number of halogens is 1. The monoisotopic (exact) mass is 262 g/mol. The first-order valence-corrected chi connectivity index (χ1v) is 5.69. The Bertz CT molecular complexity index is 620. The van der Waals surface area contributed by atoms with Crippen molar-refractivity contribution in [3.63, 3.8) is 0 Å². The summed E-state index contributed by atoms with van der Waals surface area (Å²) in [6, 6.07) is 9.62. The first-order valence-electron chi connectivity index (χ1n) is 5.32. The average molecular weight is 263 g/mol. The SMILES string of the molecule is Cc1cc(Cl)ccc1-c1ccc(C(=O)O)cc1O. The number of carbonyl (C=O) groups is 1. The number of hydrogen-bond donors (Lipinski definition) is 2. The number of hydrogen-bond acceptors (Lipinski definition) is 2. The molecule has 18 heavy (non-hydrogen) atoms. The summed E-state index contributed by atoms with van der Waals surface area (Å²) in [6.07, 6.45) is 0. The van der Waals surface area contributed by atoms with Crippen molar-refractivity contribution in [2.75, 3.05) is 0 Å². The van der Waals surface area contributed by atoms with Crippen molar-refractivity contribution in [1.82, 2.24) is 0 Å². The van der Waals surface area contributed by atoms with Gasteiger partial charge in [-0.1, -0.05) is 17.7 Å². The van der Waals surface area contributed by atoms with Crippen LogP contribution < -0.4 is 0 Å². The molecule has 92 valence electrons. The van der Waals surface area contributed by atoms with Gasteiger partial charge in [-0.2, -0.15) is 0 Å². The van der Waals surface area contributed by atoms with Gasteiger partial charge < -0.3 is 10.2 Å². The van der Waals surface area contributed by atoms with Crippen LogP contribution in [0.3, 0.4) is 0 Å². The van der Waals surface area contributed by atoms with E-state index < -0.39 is 5.97 Å². The average Bonchev–Trinajstić information content (AvgIpc) is 2.30. The molecule has 0 amide bonds. The number of aromatic carboxylic acids is 1. The molecule has 2 aromatic rings. The smallest absolute Gasteiger partial charge is 0.335 e. The maximum Gasteiger partial charge on any atom is 0.335 e. The second kappa shape index (κ2) is 4.70. The number of carboxylic acid groups (broad SMARTS) is 1. The maximum absolute atomic E-state index is 10.8. The third kappa shape index (κ3) is 2.31. The Morgan fingerprint density at radius 3 is 2.33 bits per heavy atom. The topological polar surface area (TPSA) is 57.5 Å². The van der Waals surface area contributed by atoms with E-state index in [1.807, 2.05) is 6.92 Å². The van der Waals surface area contributed by atoms with Crippen LogP contribution in [-0.2, 0) is 0 Å². The van der Waals surface area contributed by atoms with E-state index >= 15 is 0 Å². The van der Waals surface area contributed by atoms with E-state index in [4.69, 9.17) is 16.7 Å². The van der Waals surface area contributed by atoms with Gasteiger partial charge in [-0.05, 0) is 48.4 Å². The van der Waals surface area contributed by atoms with Crippen LogP contribution in [0.2, 0.25) is 5.02 Å². The molecule has 0 aliphatic heterocycles. The first kappa shape index (κ1) is 12.5. The highest BCUT2D eigenvalue weighted by Gasteiger charge is 2.11. The first-order chi connectivity index (χ1) is 8.49. The van der Waals surface area contributed by atoms with E-state index in [0.717, 1.165) is 11.1 Å². The van der Waals surface area contributed by atoms with Gasteiger partial charge in [-0.15, -0.1) is 0 Å². The third-order valence-corrected chi connectivity index (χ3v) is 2.96. The minimum atomic E-state index is -1.07. The largest absolute Gasteiger partial charge is 0.507 e. The summed E-state index contributed by atoms with van der Waals surface area (Å²) >= 11 is 5.87. The molecule has 0 aliphatic carbocycles.